The van der Waals surface area contributed by atoms with Gasteiger partial charge in [0.25, 0.3) is 0 Å². The van der Waals surface area contributed by atoms with E-state index < -0.39 is 29.9 Å². The number of primary amides is 1. The van der Waals surface area contributed by atoms with E-state index in [-0.39, 0.29) is 19.8 Å². The van der Waals surface area contributed by atoms with Gasteiger partial charge < -0.3 is 25.8 Å². The van der Waals surface area contributed by atoms with Crippen LogP contribution < -0.4 is 11.1 Å². The fourth-order valence-electron chi connectivity index (χ4n) is 1.88. The minimum atomic E-state index is -1.00. The van der Waals surface area contributed by atoms with Gasteiger partial charge in [0, 0.05) is 6.54 Å². The average molecular weight is 259 g/mol. The molecule has 0 spiro atoms. The molecule has 0 bridgehead atoms. The van der Waals surface area contributed by atoms with Crippen molar-refractivity contribution in [3.63, 3.8) is 0 Å². The number of ether oxygens (including phenoxy) is 1. The van der Waals surface area contributed by atoms with E-state index in [1.807, 2.05) is 0 Å². The smallest absolute Gasteiger partial charge is 0.318 e. The Balaban J connectivity index is 2.67. The van der Waals surface area contributed by atoms with Crippen molar-refractivity contribution in [3.05, 3.63) is 0 Å². The molecule has 1 heterocycles. The fraction of sp³-hybridized carbons (Fsp3) is 0.700. The third-order valence-electron chi connectivity index (χ3n) is 2.78. The van der Waals surface area contributed by atoms with Crippen LogP contribution in [-0.4, -0.2) is 60.3 Å². The Kier molecular flexibility index (Phi) is 4.90. The number of carbonyl (C=O) groups excluding carboxylic acids is 2. The standard InChI is InChI=1S/C10H17N3O5/c1-2-13(10(17)12-3-8(11)14)7-5-18-4-6(7)9(15)16/h6-7H,2-5H2,1H3,(H2,11,14)(H,12,17)(H,15,16). The van der Waals surface area contributed by atoms with Crippen LogP contribution in [-0.2, 0) is 14.3 Å². The van der Waals surface area contributed by atoms with Crippen molar-refractivity contribution in [2.45, 2.75) is 13.0 Å². The van der Waals surface area contributed by atoms with Gasteiger partial charge in [-0.1, -0.05) is 0 Å². The lowest BCUT2D eigenvalue weighted by Crippen LogP contribution is -2.51. The number of urea groups is 1. The summed E-state index contributed by atoms with van der Waals surface area (Å²) < 4.78 is 5.10. The highest BCUT2D eigenvalue weighted by Gasteiger charge is 2.39. The molecule has 0 aromatic rings. The summed E-state index contributed by atoms with van der Waals surface area (Å²) in [6, 6.07) is -1.04. The summed E-state index contributed by atoms with van der Waals surface area (Å²) in [5.74, 6) is -2.40. The van der Waals surface area contributed by atoms with Crippen LogP contribution in [0.1, 0.15) is 6.92 Å². The minimum Gasteiger partial charge on any atom is -0.481 e. The number of hydrogen-bond acceptors (Lipinski definition) is 4. The summed E-state index contributed by atoms with van der Waals surface area (Å²) >= 11 is 0. The van der Waals surface area contributed by atoms with Crippen molar-refractivity contribution in [2.24, 2.45) is 11.7 Å². The maximum Gasteiger partial charge on any atom is 0.318 e. The molecule has 0 saturated carbocycles. The predicted octanol–water partition coefficient (Wildman–Crippen LogP) is -1.40. The first-order valence-corrected chi connectivity index (χ1v) is 5.60. The van der Waals surface area contributed by atoms with Crippen LogP contribution in [0.2, 0.25) is 0 Å². The van der Waals surface area contributed by atoms with Gasteiger partial charge >= 0.3 is 12.0 Å². The highest BCUT2D eigenvalue weighted by molar-refractivity contribution is 5.83. The number of nitrogens with two attached hydrogens (primary N) is 1. The van der Waals surface area contributed by atoms with E-state index in [0.717, 1.165) is 0 Å². The Morgan fingerprint density at radius 2 is 2.11 bits per heavy atom. The Hall–Kier alpha value is -1.83. The van der Waals surface area contributed by atoms with Gasteiger partial charge in [-0.05, 0) is 6.92 Å². The van der Waals surface area contributed by atoms with Gasteiger partial charge in [0.2, 0.25) is 5.91 Å². The maximum absolute atomic E-state index is 11.8. The zero-order chi connectivity index (χ0) is 13.7. The summed E-state index contributed by atoms with van der Waals surface area (Å²) in [6.07, 6.45) is 0. The van der Waals surface area contributed by atoms with Crippen molar-refractivity contribution in [1.29, 1.82) is 0 Å². The summed E-state index contributed by atoms with van der Waals surface area (Å²) in [4.78, 5) is 34.7. The lowest BCUT2D eigenvalue weighted by Gasteiger charge is -2.29. The van der Waals surface area contributed by atoms with Gasteiger partial charge in [-0.3, -0.25) is 9.59 Å². The van der Waals surface area contributed by atoms with E-state index in [1.54, 1.807) is 6.92 Å². The van der Waals surface area contributed by atoms with Crippen LogP contribution in [0.25, 0.3) is 0 Å². The molecular weight excluding hydrogens is 242 g/mol. The molecule has 8 heteroatoms. The number of carboxylic acids is 1. The molecule has 4 N–H and O–H groups in total. The number of likely N-dealkylation sites (N-methyl/N-ethyl adjacent to an activating group) is 1. The topological polar surface area (TPSA) is 122 Å². The number of nitrogens with zero attached hydrogens (tertiary/aromatic N) is 1. The minimum absolute atomic E-state index is 0.0829. The number of nitrogens with one attached hydrogen (secondary N) is 1. The molecule has 8 nitrogen and oxygen atoms in total. The van der Waals surface area contributed by atoms with Crippen molar-refractivity contribution >= 4 is 17.9 Å². The highest BCUT2D eigenvalue weighted by atomic mass is 16.5. The number of rotatable bonds is 5. The largest absolute Gasteiger partial charge is 0.481 e. The Labute approximate surface area is 104 Å². The van der Waals surface area contributed by atoms with E-state index in [0.29, 0.717) is 6.54 Å². The van der Waals surface area contributed by atoms with E-state index in [2.05, 4.69) is 5.32 Å². The molecule has 1 fully saturated rings. The molecule has 102 valence electrons. The normalized spacial score (nSPS) is 22.5. The molecule has 18 heavy (non-hydrogen) atoms. The SMILES string of the molecule is CCN(C(=O)NCC(N)=O)C1COCC1C(=O)O. The number of aliphatic carboxylic acids is 1. The Morgan fingerprint density at radius 1 is 1.44 bits per heavy atom. The van der Waals surface area contributed by atoms with Gasteiger partial charge in [-0.25, -0.2) is 4.79 Å². The monoisotopic (exact) mass is 259 g/mol. The second kappa shape index (κ2) is 6.20. The molecule has 1 aliphatic rings. The molecule has 1 saturated heterocycles. The molecule has 3 amide bonds. The molecule has 2 atom stereocenters. The molecular formula is C10H17N3O5. The second-order valence-electron chi connectivity index (χ2n) is 3.96. The maximum atomic E-state index is 11.8. The first kappa shape index (κ1) is 14.2. The molecule has 1 rings (SSSR count). The van der Waals surface area contributed by atoms with Gasteiger partial charge in [-0.2, -0.15) is 0 Å². The van der Waals surface area contributed by atoms with Gasteiger partial charge in [-0.15, -0.1) is 0 Å². The zero-order valence-corrected chi connectivity index (χ0v) is 10.1. The van der Waals surface area contributed by atoms with E-state index in [1.165, 1.54) is 4.90 Å². The lowest BCUT2D eigenvalue weighted by molar-refractivity contribution is -0.142. The predicted molar refractivity (Wildman–Crippen MR) is 60.7 cm³/mol. The Bertz CT molecular complexity index is 346. The van der Waals surface area contributed by atoms with Crippen molar-refractivity contribution in [2.75, 3.05) is 26.3 Å². The van der Waals surface area contributed by atoms with Crippen LogP contribution in [0.15, 0.2) is 0 Å². The first-order valence-electron chi connectivity index (χ1n) is 5.60. The fourth-order valence-corrected chi connectivity index (χ4v) is 1.88. The third-order valence-corrected chi connectivity index (χ3v) is 2.78. The molecule has 0 aromatic heterocycles. The van der Waals surface area contributed by atoms with Crippen molar-refractivity contribution < 1.29 is 24.2 Å². The van der Waals surface area contributed by atoms with Gasteiger partial charge in [0.15, 0.2) is 0 Å². The quantitative estimate of drug-likeness (QED) is 0.560. The average Bonchev–Trinajstić information content (AvgIpc) is 2.76. The van der Waals surface area contributed by atoms with E-state index in [9.17, 15) is 14.4 Å². The number of amides is 3. The van der Waals surface area contributed by atoms with Gasteiger partial charge in [0.1, 0.15) is 5.92 Å². The molecule has 0 aromatic carbocycles. The van der Waals surface area contributed by atoms with E-state index >= 15 is 0 Å². The van der Waals surface area contributed by atoms with Crippen LogP contribution in [0, 0.1) is 5.92 Å². The summed E-state index contributed by atoms with van der Waals surface area (Å²) in [5, 5.41) is 11.3. The number of hydrogen-bond donors (Lipinski definition) is 3. The van der Waals surface area contributed by atoms with Gasteiger partial charge in [0.05, 0.1) is 25.8 Å². The van der Waals surface area contributed by atoms with Crippen LogP contribution in [0.5, 0.6) is 0 Å². The summed E-state index contributed by atoms with van der Waals surface area (Å²) in [5.41, 5.74) is 4.92. The molecule has 0 radical (unpaired) electrons. The Morgan fingerprint density at radius 3 is 2.61 bits per heavy atom. The second-order valence-corrected chi connectivity index (χ2v) is 3.96. The zero-order valence-electron chi connectivity index (χ0n) is 10.1. The molecule has 1 aliphatic heterocycles. The third kappa shape index (κ3) is 3.33. The number of carboxylic acid groups (broad SMARTS) is 1. The molecule has 2 unspecified atom stereocenters. The summed E-state index contributed by atoms with van der Waals surface area (Å²) in [7, 11) is 0. The number of carbonyl (C=O) groups is 3. The van der Waals surface area contributed by atoms with E-state index in [4.69, 9.17) is 15.6 Å². The lowest BCUT2D eigenvalue weighted by atomic mass is 10.0. The highest BCUT2D eigenvalue weighted by Crippen LogP contribution is 2.20. The van der Waals surface area contributed by atoms with Crippen LogP contribution in [0.4, 0.5) is 4.79 Å². The molecule has 0 aliphatic carbocycles. The van der Waals surface area contributed by atoms with Crippen LogP contribution in [0.3, 0.4) is 0 Å². The van der Waals surface area contributed by atoms with Crippen molar-refractivity contribution in [3.8, 4) is 0 Å². The van der Waals surface area contributed by atoms with Crippen molar-refractivity contribution in [1.82, 2.24) is 10.2 Å². The first-order chi connectivity index (χ1) is 8.47. The summed E-state index contributed by atoms with van der Waals surface area (Å²) in [6.45, 7) is 2.03. The van der Waals surface area contributed by atoms with Crippen LogP contribution >= 0.6 is 0 Å².